The number of hydrogen-bond acceptors (Lipinski definition) is 17. The van der Waals surface area contributed by atoms with Gasteiger partial charge < -0.3 is 50.6 Å². The molecular weight excluding hydrogens is 1060 g/mol. The lowest BCUT2D eigenvalue weighted by Crippen LogP contribution is -2.69. The molecule has 2 aromatic rings. The molecule has 24 heteroatoms. The highest BCUT2D eigenvalue weighted by molar-refractivity contribution is 8.14. The second kappa shape index (κ2) is 21.2. The van der Waals surface area contributed by atoms with Crippen LogP contribution in [0.25, 0.3) is 0 Å². The third kappa shape index (κ3) is 10.5. The Morgan fingerprint density at radius 1 is 0.949 bits per heavy atom. The van der Waals surface area contributed by atoms with Crippen LogP contribution in [0.4, 0.5) is 25.4 Å². The van der Waals surface area contributed by atoms with Gasteiger partial charge in [0.1, 0.15) is 34.9 Å². The van der Waals surface area contributed by atoms with Gasteiger partial charge >= 0.3 is 18.2 Å². The lowest BCUT2D eigenvalue weighted by atomic mass is 9.50. The number of carboxylic acids is 1. The van der Waals surface area contributed by atoms with Crippen molar-refractivity contribution in [3.63, 3.8) is 0 Å². The smallest absolute Gasteiger partial charge is 0.414 e. The van der Waals surface area contributed by atoms with E-state index < -0.39 is 64.2 Å². The summed E-state index contributed by atoms with van der Waals surface area (Å²) in [6.07, 6.45) is 4.64. The molecule has 5 unspecified atom stereocenters. The van der Waals surface area contributed by atoms with Crippen LogP contribution in [0.2, 0.25) is 0 Å². The van der Waals surface area contributed by atoms with E-state index in [9.17, 15) is 39.0 Å². The van der Waals surface area contributed by atoms with Crippen LogP contribution < -0.4 is 31.1 Å². The van der Waals surface area contributed by atoms with E-state index in [4.69, 9.17) is 29.0 Å². The molecule has 4 saturated heterocycles. The molecule has 426 valence electrons. The summed E-state index contributed by atoms with van der Waals surface area (Å²) < 4.78 is 33.8. The molecule has 13 rings (SSSR count). The van der Waals surface area contributed by atoms with E-state index in [2.05, 4.69) is 21.3 Å². The molecule has 4 bridgehead atoms. The molecule has 2 spiro atoms. The Morgan fingerprint density at radius 2 is 1.72 bits per heavy atom. The molecule has 79 heavy (non-hydrogen) atoms. The van der Waals surface area contributed by atoms with Crippen LogP contribution in [0.3, 0.4) is 0 Å². The van der Waals surface area contributed by atoms with Gasteiger partial charge in [0.05, 0.1) is 35.4 Å². The van der Waals surface area contributed by atoms with Crippen LogP contribution in [0, 0.1) is 35.4 Å². The average molecular weight is 1130 g/mol. The molecule has 11 aliphatic rings. The van der Waals surface area contributed by atoms with Crippen LogP contribution in [-0.2, 0) is 43.2 Å². The van der Waals surface area contributed by atoms with Gasteiger partial charge in [0.25, 0.3) is 0 Å². The van der Waals surface area contributed by atoms with Gasteiger partial charge in [0, 0.05) is 111 Å². The first-order valence-corrected chi connectivity index (χ1v) is 29.9. The van der Waals surface area contributed by atoms with Crippen molar-refractivity contribution in [3.05, 3.63) is 53.8 Å². The molecule has 2 aromatic carbocycles. The lowest BCUT2D eigenvalue weighted by Gasteiger charge is -2.62. The number of nitrogens with one attached hydrogen (secondary N) is 4. The standard InChI is InChI=1S/C55H69FN8O13S2/c1-30(65)58-24-36-25-63(51(72)74-36)34-10-11-41(40(56)19-34)62-26-38-39(27-62)47(38)60-50(71)73-35-7-5-14-54(23-35)75-55(77-76-54)32-17-31-18-33(55)22-53(20-31,21-32)61-46(68)13-12-45(67)57-15-6-16-64-42(49(69)70)28-79-52(64,2)44-29-78-48(59-44)37-8-3-4-9-43(37)66/h3-4,8-11,19,31-33,35-36,38-39,42,44,47,66H,5-7,12-18,20-29H2,1-2H3,(H,57,67)(H,58,65)(H,60,71)(H,61,68)(H,69,70)/t31?,32?,33?,35?,36-,38-,39+,42-,44+,47?,52?,53?,54+,55?/m0/s1. The monoisotopic (exact) mass is 1130 g/mol. The number of thioether (sulfide) groups is 2. The average Bonchev–Trinajstić information content (AvgIpc) is 3.67. The number of aliphatic imine (C=N–C) groups is 1. The van der Waals surface area contributed by atoms with E-state index in [1.54, 1.807) is 47.8 Å². The second-order valence-electron chi connectivity index (χ2n) is 23.7. The number of ether oxygens (including phenoxy) is 3. The first-order valence-electron chi connectivity index (χ1n) is 27.9. The number of alkyl carbamates (subject to hydrolysis) is 1. The second-order valence-corrected chi connectivity index (χ2v) is 26.1. The van der Waals surface area contributed by atoms with Crippen molar-refractivity contribution in [3.8, 4) is 5.75 Å². The van der Waals surface area contributed by atoms with E-state index in [0.717, 1.165) is 24.3 Å². The number of para-hydroxylation sites is 1. The van der Waals surface area contributed by atoms with Crippen LogP contribution in [0.5, 0.6) is 5.75 Å². The van der Waals surface area contributed by atoms with Gasteiger partial charge in [-0.3, -0.25) is 34.0 Å². The highest BCUT2D eigenvalue weighted by Crippen LogP contribution is 2.65. The lowest BCUT2D eigenvalue weighted by molar-refractivity contribution is -0.392. The number of phenols is 1. The third-order valence-corrected chi connectivity index (χ3v) is 21.1. The number of hydrogen-bond donors (Lipinski definition) is 6. The Labute approximate surface area is 465 Å². The van der Waals surface area contributed by atoms with Gasteiger partial charge in [-0.2, -0.15) is 9.78 Å². The molecule has 10 fully saturated rings. The van der Waals surface area contributed by atoms with E-state index in [1.165, 1.54) is 17.9 Å². The summed E-state index contributed by atoms with van der Waals surface area (Å²) in [5, 5.41) is 33.3. The van der Waals surface area contributed by atoms with Crippen LogP contribution >= 0.6 is 23.5 Å². The molecule has 5 aliphatic heterocycles. The number of fused-ring (bicyclic) bond motifs is 1. The summed E-state index contributed by atoms with van der Waals surface area (Å²) in [5.41, 5.74) is 1.01. The number of aliphatic carboxylic acids is 1. The number of cyclic esters (lactones) is 1. The largest absolute Gasteiger partial charge is 0.507 e. The maximum Gasteiger partial charge on any atom is 0.414 e. The van der Waals surface area contributed by atoms with Gasteiger partial charge in [-0.1, -0.05) is 12.1 Å². The Morgan fingerprint density at radius 3 is 2.47 bits per heavy atom. The Balaban J connectivity index is 0.575. The highest BCUT2D eigenvalue weighted by atomic mass is 32.2. The number of phenolic OH excluding ortho intramolecular Hbond substituents is 1. The van der Waals surface area contributed by atoms with E-state index >= 15 is 4.39 Å². The number of carbonyl (C=O) groups excluding carboxylic acids is 5. The summed E-state index contributed by atoms with van der Waals surface area (Å²) in [6.45, 7) is 5.65. The number of benzene rings is 2. The van der Waals surface area contributed by atoms with Crippen molar-refractivity contribution < 1.29 is 67.4 Å². The van der Waals surface area contributed by atoms with Crippen molar-refractivity contribution >= 4 is 75.8 Å². The molecule has 5 amide bonds. The molecule has 5 heterocycles. The molecule has 6 aliphatic carbocycles. The maximum absolute atomic E-state index is 15.5. The first kappa shape index (κ1) is 54.2. The van der Waals surface area contributed by atoms with Crippen LogP contribution in [0.1, 0.15) is 96.5 Å². The summed E-state index contributed by atoms with van der Waals surface area (Å²) in [5.74, 6) is -2.25. The van der Waals surface area contributed by atoms with E-state index in [-0.39, 0.29) is 85.2 Å². The number of carbonyl (C=O) groups is 6. The fraction of sp³-hybridized carbons (Fsp3) is 0.655. The van der Waals surface area contributed by atoms with Gasteiger partial charge in [-0.05, 0) is 94.5 Å². The van der Waals surface area contributed by atoms with Crippen LogP contribution in [-0.4, -0.2) is 159 Å². The normalized spacial score (nSPS) is 36.8. The number of carboxylic acid groups (broad SMARTS) is 1. The topological polar surface area (TPSA) is 259 Å². The zero-order chi connectivity index (χ0) is 55.0. The van der Waals surface area contributed by atoms with Crippen molar-refractivity contribution in [2.45, 2.75) is 143 Å². The number of halogens is 1. The summed E-state index contributed by atoms with van der Waals surface area (Å²) in [7, 11) is 0. The molecular formula is C55H69FN8O13S2. The third-order valence-electron chi connectivity index (χ3n) is 18.5. The highest BCUT2D eigenvalue weighted by Gasteiger charge is 2.70. The maximum atomic E-state index is 15.5. The van der Waals surface area contributed by atoms with Gasteiger partial charge in [-0.25, -0.2) is 14.0 Å². The minimum atomic E-state index is -1.07. The minimum Gasteiger partial charge on any atom is -0.507 e. The van der Waals surface area contributed by atoms with Gasteiger partial charge in [0.2, 0.25) is 29.3 Å². The van der Waals surface area contributed by atoms with Crippen molar-refractivity contribution in [1.29, 1.82) is 0 Å². The Kier molecular flexibility index (Phi) is 14.5. The number of aromatic hydroxyl groups is 1. The Hall–Kier alpha value is -5.40. The van der Waals surface area contributed by atoms with Gasteiger partial charge in [0.15, 0.2) is 0 Å². The summed E-state index contributed by atoms with van der Waals surface area (Å²) in [6, 6.07) is 10.7. The minimum absolute atomic E-state index is 0.0222. The quantitative estimate of drug-likeness (QED) is 0.0876. The van der Waals surface area contributed by atoms with Crippen molar-refractivity contribution in [1.82, 2.24) is 26.2 Å². The van der Waals surface area contributed by atoms with E-state index in [0.29, 0.717) is 105 Å². The predicted molar refractivity (Wildman–Crippen MR) is 287 cm³/mol. The molecule has 0 radical (unpaired) electrons. The molecule has 11 atom stereocenters. The molecule has 6 saturated carbocycles. The SMILES string of the molecule is CC(=O)NC[C@H]1CN(c2ccc(N3C[C@@H]4C(NC(=O)OC5CCC[C@]6(C5)OOC5(O6)C6CC7CC5CC(NC(=O)CCC(=O)NCCCN5[C@H](C(=O)O)CSC5(C)[C@H]5CSC(c8ccccc8O)=N5)(C7)C6)[C@@H]4C3)c(F)c2)C(=O)O1. The summed E-state index contributed by atoms with van der Waals surface area (Å²) in [4.78, 5) is 98.4. The number of rotatable bonds is 17. The zero-order valence-electron chi connectivity index (χ0n) is 44.3. The first-order chi connectivity index (χ1) is 37.9. The molecule has 21 nitrogen and oxygen atoms in total. The number of piperidine rings is 1. The predicted octanol–water partition coefficient (Wildman–Crippen LogP) is 5.23. The van der Waals surface area contributed by atoms with Crippen molar-refractivity contribution in [2.24, 2.45) is 34.6 Å². The van der Waals surface area contributed by atoms with Crippen molar-refractivity contribution in [2.75, 3.05) is 60.6 Å². The molecule has 6 N–H and O–H groups in total. The fourth-order valence-corrected chi connectivity index (χ4v) is 17.6. The summed E-state index contributed by atoms with van der Waals surface area (Å²) >= 11 is 3.13. The van der Waals surface area contributed by atoms with Crippen LogP contribution in [0.15, 0.2) is 47.5 Å². The fourth-order valence-electron chi connectivity index (χ4n) is 14.7. The van der Waals surface area contributed by atoms with E-state index in [1.807, 2.05) is 28.9 Å². The number of nitrogens with zero attached hydrogens (tertiary/aromatic N) is 4. The van der Waals surface area contributed by atoms with Gasteiger partial charge in [-0.15, -0.1) is 23.5 Å². The Bertz CT molecular complexity index is 2790. The zero-order valence-corrected chi connectivity index (χ0v) is 46.0. The number of anilines is 2. The molecule has 0 aromatic heterocycles. The number of amides is 5.